The van der Waals surface area contributed by atoms with Gasteiger partial charge in [0.05, 0.1) is 6.54 Å². The molecular formula is C13H16FNO. The Hall–Kier alpha value is -1.35. The smallest absolute Gasteiger partial charge is 0.169 e. The summed E-state index contributed by atoms with van der Waals surface area (Å²) in [5.74, 6) is 0.453. The molecule has 0 amide bonds. The molecule has 0 aliphatic carbocycles. The van der Waals surface area contributed by atoms with Crippen molar-refractivity contribution in [3.63, 3.8) is 0 Å². The van der Waals surface area contributed by atoms with Gasteiger partial charge in [-0.25, -0.2) is 4.39 Å². The minimum atomic E-state index is -0.306. The number of furan rings is 1. The van der Waals surface area contributed by atoms with Crippen LogP contribution in [0.5, 0.6) is 0 Å². The summed E-state index contributed by atoms with van der Waals surface area (Å²) in [4.78, 5) is 0. The highest BCUT2D eigenvalue weighted by molar-refractivity contribution is 5.78. The highest BCUT2D eigenvalue weighted by Gasteiger charge is 2.12. The number of fused-ring (bicyclic) bond motifs is 1. The second-order valence-corrected chi connectivity index (χ2v) is 4.97. The molecular weight excluding hydrogens is 205 g/mol. The van der Waals surface area contributed by atoms with Crippen LogP contribution < -0.4 is 5.32 Å². The molecule has 16 heavy (non-hydrogen) atoms. The minimum absolute atomic E-state index is 0.0253. The van der Waals surface area contributed by atoms with Gasteiger partial charge in [0.1, 0.15) is 5.76 Å². The summed E-state index contributed by atoms with van der Waals surface area (Å²) >= 11 is 0. The molecule has 0 bridgehead atoms. The normalized spacial score (nSPS) is 12.2. The largest absolute Gasteiger partial charge is 0.457 e. The molecule has 2 rings (SSSR count). The van der Waals surface area contributed by atoms with Gasteiger partial charge in [-0.05, 0) is 32.9 Å². The van der Waals surface area contributed by atoms with Crippen molar-refractivity contribution < 1.29 is 8.81 Å². The fourth-order valence-corrected chi connectivity index (χ4v) is 1.52. The second kappa shape index (κ2) is 3.91. The third kappa shape index (κ3) is 2.42. The summed E-state index contributed by atoms with van der Waals surface area (Å²) in [5.41, 5.74) is 0.366. The monoisotopic (exact) mass is 221 g/mol. The van der Waals surface area contributed by atoms with E-state index in [0.717, 1.165) is 11.1 Å². The Bertz CT molecular complexity index is 496. The average molecular weight is 221 g/mol. The van der Waals surface area contributed by atoms with Crippen LogP contribution in [0.2, 0.25) is 0 Å². The lowest BCUT2D eigenvalue weighted by Gasteiger charge is -2.19. The summed E-state index contributed by atoms with van der Waals surface area (Å²) < 4.78 is 18.8. The van der Waals surface area contributed by atoms with Gasteiger partial charge in [0.25, 0.3) is 0 Å². The molecule has 1 N–H and O–H groups in total. The van der Waals surface area contributed by atoms with Crippen molar-refractivity contribution in [1.29, 1.82) is 0 Å². The van der Waals surface area contributed by atoms with E-state index >= 15 is 0 Å². The maximum Gasteiger partial charge on any atom is 0.169 e. The third-order valence-electron chi connectivity index (χ3n) is 2.34. The Morgan fingerprint density at radius 3 is 2.69 bits per heavy atom. The summed E-state index contributed by atoms with van der Waals surface area (Å²) in [7, 11) is 0. The first-order valence-electron chi connectivity index (χ1n) is 5.38. The highest BCUT2D eigenvalue weighted by atomic mass is 19.1. The van der Waals surface area contributed by atoms with Gasteiger partial charge in [0.2, 0.25) is 0 Å². The molecule has 86 valence electrons. The van der Waals surface area contributed by atoms with E-state index < -0.39 is 0 Å². The van der Waals surface area contributed by atoms with Crippen molar-refractivity contribution in [2.24, 2.45) is 0 Å². The zero-order valence-corrected chi connectivity index (χ0v) is 9.80. The van der Waals surface area contributed by atoms with Crippen LogP contribution in [-0.2, 0) is 6.54 Å². The number of rotatable bonds is 2. The van der Waals surface area contributed by atoms with Crippen LogP contribution in [0.3, 0.4) is 0 Å². The molecule has 1 aromatic heterocycles. The predicted molar refractivity (Wildman–Crippen MR) is 62.8 cm³/mol. The number of para-hydroxylation sites is 1. The van der Waals surface area contributed by atoms with Gasteiger partial charge in [-0.3, -0.25) is 0 Å². The molecule has 1 aromatic carbocycles. The molecule has 2 nitrogen and oxygen atoms in total. The van der Waals surface area contributed by atoms with Crippen LogP contribution in [-0.4, -0.2) is 5.54 Å². The number of hydrogen-bond donors (Lipinski definition) is 1. The van der Waals surface area contributed by atoms with Gasteiger partial charge in [0.15, 0.2) is 11.4 Å². The van der Waals surface area contributed by atoms with E-state index in [1.54, 1.807) is 6.07 Å². The third-order valence-corrected chi connectivity index (χ3v) is 2.34. The van der Waals surface area contributed by atoms with Crippen molar-refractivity contribution in [3.8, 4) is 0 Å². The fourth-order valence-electron chi connectivity index (χ4n) is 1.52. The zero-order valence-electron chi connectivity index (χ0n) is 9.80. The van der Waals surface area contributed by atoms with E-state index in [-0.39, 0.29) is 11.4 Å². The van der Waals surface area contributed by atoms with E-state index in [2.05, 4.69) is 26.1 Å². The lowest BCUT2D eigenvalue weighted by molar-refractivity contribution is 0.393. The Kier molecular flexibility index (Phi) is 2.72. The van der Waals surface area contributed by atoms with E-state index in [0.29, 0.717) is 12.1 Å². The summed E-state index contributed by atoms with van der Waals surface area (Å²) in [6.07, 6.45) is 0. The van der Waals surface area contributed by atoms with Crippen molar-refractivity contribution in [1.82, 2.24) is 5.32 Å². The molecule has 0 saturated carbocycles. The second-order valence-electron chi connectivity index (χ2n) is 4.97. The van der Waals surface area contributed by atoms with Crippen molar-refractivity contribution in [3.05, 3.63) is 35.8 Å². The molecule has 3 heteroatoms. The molecule has 0 spiro atoms. The molecule has 0 fully saturated rings. The topological polar surface area (TPSA) is 25.2 Å². The highest BCUT2D eigenvalue weighted by Crippen LogP contribution is 2.22. The zero-order chi connectivity index (χ0) is 11.8. The fraction of sp³-hybridized carbons (Fsp3) is 0.385. The predicted octanol–water partition coefficient (Wildman–Crippen LogP) is 3.46. The SMILES string of the molecule is CC(C)(C)NCc1cc2cccc(F)c2o1. The first-order chi connectivity index (χ1) is 7.46. The first-order valence-corrected chi connectivity index (χ1v) is 5.38. The Labute approximate surface area is 94.4 Å². The van der Waals surface area contributed by atoms with Crippen LogP contribution in [0.1, 0.15) is 26.5 Å². The van der Waals surface area contributed by atoms with E-state index in [4.69, 9.17) is 4.42 Å². The van der Waals surface area contributed by atoms with Gasteiger partial charge >= 0.3 is 0 Å². The van der Waals surface area contributed by atoms with Crippen molar-refractivity contribution >= 4 is 11.0 Å². The summed E-state index contributed by atoms with van der Waals surface area (Å²) in [6.45, 7) is 6.85. The van der Waals surface area contributed by atoms with Gasteiger partial charge in [-0.1, -0.05) is 12.1 Å². The Morgan fingerprint density at radius 1 is 1.31 bits per heavy atom. The average Bonchev–Trinajstić information content (AvgIpc) is 2.58. The Morgan fingerprint density at radius 2 is 2.06 bits per heavy atom. The lowest BCUT2D eigenvalue weighted by atomic mass is 10.1. The molecule has 2 aromatic rings. The van der Waals surface area contributed by atoms with Crippen molar-refractivity contribution in [2.75, 3.05) is 0 Å². The first kappa shape index (κ1) is 11.1. The molecule has 1 heterocycles. The molecule has 0 aliphatic heterocycles. The standard InChI is InChI=1S/C13H16FNO/c1-13(2,3)15-8-10-7-9-5-4-6-11(14)12(9)16-10/h4-7,15H,8H2,1-3H3. The number of benzene rings is 1. The number of nitrogens with one attached hydrogen (secondary N) is 1. The summed E-state index contributed by atoms with van der Waals surface area (Å²) in [6, 6.07) is 6.82. The quantitative estimate of drug-likeness (QED) is 0.840. The van der Waals surface area contributed by atoms with E-state index in [9.17, 15) is 4.39 Å². The Balaban J connectivity index is 2.24. The maximum atomic E-state index is 13.4. The van der Waals surface area contributed by atoms with Gasteiger partial charge in [-0.15, -0.1) is 0 Å². The van der Waals surface area contributed by atoms with E-state index in [1.165, 1.54) is 6.07 Å². The van der Waals surface area contributed by atoms with Crippen LogP contribution in [0.25, 0.3) is 11.0 Å². The van der Waals surface area contributed by atoms with Gasteiger partial charge in [0, 0.05) is 10.9 Å². The maximum absolute atomic E-state index is 13.4. The van der Waals surface area contributed by atoms with Gasteiger partial charge < -0.3 is 9.73 Å². The number of hydrogen-bond acceptors (Lipinski definition) is 2. The minimum Gasteiger partial charge on any atom is -0.457 e. The number of halogens is 1. The molecule has 0 unspecified atom stereocenters. The summed E-state index contributed by atoms with van der Waals surface area (Å²) in [5, 5.41) is 4.11. The molecule has 0 aliphatic rings. The van der Waals surface area contributed by atoms with E-state index in [1.807, 2.05) is 12.1 Å². The van der Waals surface area contributed by atoms with Crippen molar-refractivity contribution in [2.45, 2.75) is 32.9 Å². The molecule has 0 atom stereocenters. The lowest BCUT2D eigenvalue weighted by Crippen LogP contribution is -2.34. The molecule has 0 radical (unpaired) electrons. The molecule has 0 saturated heterocycles. The van der Waals surface area contributed by atoms with Crippen LogP contribution in [0.15, 0.2) is 28.7 Å². The van der Waals surface area contributed by atoms with Gasteiger partial charge in [-0.2, -0.15) is 0 Å². The van der Waals surface area contributed by atoms with Crippen LogP contribution in [0.4, 0.5) is 4.39 Å². The van der Waals surface area contributed by atoms with Crippen LogP contribution in [0, 0.1) is 5.82 Å². The van der Waals surface area contributed by atoms with Crippen LogP contribution >= 0.6 is 0 Å².